The molecular weight excluding hydrogens is 268 g/mol. The Morgan fingerprint density at radius 3 is 2.37 bits per heavy atom. The summed E-state index contributed by atoms with van der Waals surface area (Å²) in [6.45, 7) is 3.21. The van der Waals surface area contributed by atoms with E-state index < -0.39 is 10.0 Å². The molecule has 0 aliphatic carbocycles. The molecule has 0 heterocycles. The summed E-state index contributed by atoms with van der Waals surface area (Å²) in [4.78, 5) is 11.0. The zero-order chi connectivity index (χ0) is 14.5. The van der Waals surface area contributed by atoms with Crippen LogP contribution < -0.4 is 10.0 Å². The number of aliphatic hydroxyl groups is 1. The third kappa shape index (κ3) is 4.98. The average Bonchev–Trinajstić information content (AvgIpc) is 2.36. The van der Waals surface area contributed by atoms with Crippen molar-refractivity contribution in [2.45, 2.75) is 18.7 Å². The topological polar surface area (TPSA) is 95.5 Å². The Bertz CT molecular complexity index is 525. The van der Waals surface area contributed by atoms with Gasteiger partial charge in [-0.25, -0.2) is 13.1 Å². The van der Waals surface area contributed by atoms with Gasteiger partial charge in [0.05, 0.1) is 4.90 Å². The highest BCUT2D eigenvalue weighted by Crippen LogP contribution is 2.14. The van der Waals surface area contributed by atoms with Gasteiger partial charge in [0.1, 0.15) is 0 Å². The molecule has 106 valence electrons. The maximum Gasteiger partial charge on any atom is 0.240 e. The Labute approximate surface area is 112 Å². The second-order valence-corrected chi connectivity index (χ2v) is 6.11. The van der Waals surface area contributed by atoms with Crippen LogP contribution in [0.25, 0.3) is 0 Å². The summed E-state index contributed by atoms with van der Waals surface area (Å²) < 4.78 is 26.2. The van der Waals surface area contributed by atoms with Crippen LogP contribution in [0.3, 0.4) is 0 Å². The number of anilines is 1. The van der Waals surface area contributed by atoms with Gasteiger partial charge in [0, 0.05) is 25.8 Å². The number of rotatable bonds is 6. The van der Waals surface area contributed by atoms with Crippen molar-refractivity contribution in [1.29, 1.82) is 0 Å². The first-order chi connectivity index (χ1) is 8.85. The SMILES string of the molecule is CC(=O)Nc1ccc(S(=O)(=O)NCC(C)CO)cc1. The van der Waals surface area contributed by atoms with Gasteiger partial charge in [-0.1, -0.05) is 6.92 Å². The lowest BCUT2D eigenvalue weighted by Gasteiger charge is -2.11. The Morgan fingerprint density at radius 2 is 1.89 bits per heavy atom. The summed E-state index contributed by atoms with van der Waals surface area (Å²) in [7, 11) is -3.58. The van der Waals surface area contributed by atoms with Gasteiger partial charge in [0.2, 0.25) is 15.9 Å². The fourth-order valence-electron chi connectivity index (χ4n) is 1.32. The largest absolute Gasteiger partial charge is 0.396 e. The number of carbonyl (C=O) groups is 1. The smallest absolute Gasteiger partial charge is 0.240 e. The molecule has 1 aromatic carbocycles. The van der Waals surface area contributed by atoms with Crippen molar-refractivity contribution < 1.29 is 18.3 Å². The minimum atomic E-state index is -3.58. The van der Waals surface area contributed by atoms with Gasteiger partial charge in [0.25, 0.3) is 0 Å². The van der Waals surface area contributed by atoms with Gasteiger partial charge in [-0.15, -0.1) is 0 Å². The molecule has 0 fully saturated rings. The first-order valence-corrected chi connectivity index (χ1v) is 7.31. The van der Waals surface area contributed by atoms with Crippen molar-refractivity contribution in [3.8, 4) is 0 Å². The van der Waals surface area contributed by atoms with E-state index >= 15 is 0 Å². The number of sulfonamides is 1. The van der Waals surface area contributed by atoms with Crippen molar-refractivity contribution in [3.63, 3.8) is 0 Å². The van der Waals surface area contributed by atoms with Crippen LogP contribution in [0, 0.1) is 5.92 Å². The van der Waals surface area contributed by atoms with Gasteiger partial charge in [-0.2, -0.15) is 0 Å². The molecule has 0 aliphatic heterocycles. The van der Waals surface area contributed by atoms with Crippen LogP contribution in [0.2, 0.25) is 0 Å². The maximum absolute atomic E-state index is 11.9. The highest BCUT2D eigenvalue weighted by Gasteiger charge is 2.14. The van der Waals surface area contributed by atoms with Crippen molar-refractivity contribution in [1.82, 2.24) is 4.72 Å². The second-order valence-electron chi connectivity index (χ2n) is 4.35. The summed E-state index contributed by atoms with van der Waals surface area (Å²) in [6, 6.07) is 5.87. The first kappa shape index (κ1) is 15.6. The minimum Gasteiger partial charge on any atom is -0.396 e. The van der Waals surface area contributed by atoms with E-state index in [4.69, 9.17) is 5.11 Å². The van der Waals surface area contributed by atoms with Crippen LogP contribution in [0.4, 0.5) is 5.69 Å². The molecule has 1 amide bonds. The van der Waals surface area contributed by atoms with E-state index in [-0.39, 0.29) is 29.9 Å². The van der Waals surface area contributed by atoms with Gasteiger partial charge in [-0.05, 0) is 30.2 Å². The zero-order valence-electron chi connectivity index (χ0n) is 10.9. The minimum absolute atomic E-state index is 0.0794. The monoisotopic (exact) mass is 286 g/mol. The van der Waals surface area contributed by atoms with Crippen molar-refractivity contribution >= 4 is 21.6 Å². The lowest BCUT2D eigenvalue weighted by molar-refractivity contribution is -0.114. The van der Waals surface area contributed by atoms with E-state index in [0.29, 0.717) is 5.69 Å². The molecule has 0 bridgehead atoms. The number of hydrogen-bond donors (Lipinski definition) is 3. The zero-order valence-corrected chi connectivity index (χ0v) is 11.7. The Balaban J connectivity index is 2.76. The van der Waals surface area contributed by atoms with Crippen LogP contribution in [-0.2, 0) is 14.8 Å². The van der Waals surface area contributed by atoms with Crippen LogP contribution in [-0.4, -0.2) is 32.6 Å². The third-order valence-electron chi connectivity index (χ3n) is 2.42. The molecule has 1 atom stereocenters. The molecule has 6 nitrogen and oxygen atoms in total. The number of benzene rings is 1. The van der Waals surface area contributed by atoms with Crippen LogP contribution in [0.1, 0.15) is 13.8 Å². The molecule has 0 spiro atoms. The van der Waals surface area contributed by atoms with Crippen LogP contribution in [0.5, 0.6) is 0 Å². The highest BCUT2D eigenvalue weighted by molar-refractivity contribution is 7.89. The lowest BCUT2D eigenvalue weighted by Crippen LogP contribution is -2.29. The highest BCUT2D eigenvalue weighted by atomic mass is 32.2. The number of amides is 1. The molecule has 1 rings (SSSR count). The average molecular weight is 286 g/mol. The van der Waals surface area contributed by atoms with E-state index in [1.807, 2.05) is 0 Å². The van der Waals surface area contributed by atoms with Crippen LogP contribution >= 0.6 is 0 Å². The summed E-state index contributed by atoms with van der Waals surface area (Å²) in [5.41, 5.74) is 0.537. The molecule has 7 heteroatoms. The van der Waals surface area contributed by atoms with E-state index in [9.17, 15) is 13.2 Å². The number of hydrogen-bond acceptors (Lipinski definition) is 4. The molecule has 0 aliphatic rings. The maximum atomic E-state index is 11.9. The normalized spacial score (nSPS) is 13.0. The van der Waals surface area contributed by atoms with E-state index in [2.05, 4.69) is 10.0 Å². The predicted octanol–water partition coefficient (Wildman–Crippen LogP) is 0.552. The summed E-state index contributed by atoms with van der Waals surface area (Å²) in [5.74, 6) is -0.362. The molecule has 19 heavy (non-hydrogen) atoms. The second kappa shape index (κ2) is 6.65. The lowest BCUT2D eigenvalue weighted by atomic mass is 10.2. The van der Waals surface area contributed by atoms with Crippen molar-refractivity contribution in [2.75, 3.05) is 18.5 Å². The van der Waals surface area contributed by atoms with Crippen molar-refractivity contribution in [2.24, 2.45) is 5.92 Å². The van der Waals surface area contributed by atoms with Gasteiger partial charge in [0.15, 0.2) is 0 Å². The molecule has 1 aromatic rings. The standard InChI is InChI=1S/C12H18N2O4S/c1-9(8-15)7-13-19(17,18)12-5-3-11(4-6-12)14-10(2)16/h3-6,9,13,15H,7-8H2,1-2H3,(H,14,16). The molecule has 1 unspecified atom stereocenters. The summed E-state index contributed by atoms with van der Waals surface area (Å²) >= 11 is 0. The van der Waals surface area contributed by atoms with Crippen molar-refractivity contribution in [3.05, 3.63) is 24.3 Å². The van der Waals surface area contributed by atoms with Gasteiger partial charge < -0.3 is 10.4 Å². The van der Waals surface area contributed by atoms with Gasteiger partial charge in [-0.3, -0.25) is 4.79 Å². The molecule has 0 aromatic heterocycles. The quantitative estimate of drug-likeness (QED) is 0.711. The summed E-state index contributed by atoms with van der Waals surface area (Å²) in [5, 5.41) is 11.4. The molecular formula is C12H18N2O4S. The Morgan fingerprint density at radius 1 is 1.32 bits per heavy atom. The number of nitrogens with one attached hydrogen (secondary N) is 2. The summed E-state index contributed by atoms with van der Waals surface area (Å²) in [6.07, 6.45) is 0. The van der Waals surface area contributed by atoms with E-state index in [1.54, 1.807) is 6.92 Å². The molecule has 0 radical (unpaired) electrons. The predicted molar refractivity (Wildman–Crippen MR) is 72.2 cm³/mol. The number of carbonyl (C=O) groups excluding carboxylic acids is 1. The fourth-order valence-corrected chi connectivity index (χ4v) is 2.49. The van der Waals surface area contributed by atoms with E-state index in [0.717, 1.165) is 0 Å². The van der Waals surface area contributed by atoms with Gasteiger partial charge >= 0.3 is 0 Å². The third-order valence-corrected chi connectivity index (χ3v) is 3.86. The molecule has 0 saturated carbocycles. The molecule has 0 saturated heterocycles. The van der Waals surface area contributed by atoms with E-state index in [1.165, 1.54) is 31.2 Å². The Hall–Kier alpha value is -1.44. The molecule has 3 N–H and O–H groups in total. The first-order valence-electron chi connectivity index (χ1n) is 5.83. The number of aliphatic hydroxyl groups excluding tert-OH is 1. The fraction of sp³-hybridized carbons (Fsp3) is 0.417. The Kier molecular flexibility index (Phi) is 5.46. The van der Waals surface area contributed by atoms with Crippen LogP contribution in [0.15, 0.2) is 29.2 Å².